The molecule has 2 N–H and O–H groups in total. The van der Waals surface area contributed by atoms with Crippen molar-refractivity contribution in [3.05, 3.63) is 29.6 Å². The molecule has 1 saturated carbocycles. The van der Waals surface area contributed by atoms with E-state index in [0.29, 0.717) is 12.1 Å². The lowest BCUT2D eigenvalue weighted by molar-refractivity contribution is -0.147. The number of anilines is 1. The van der Waals surface area contributed by atoms with Crippen molar-refractivity contribution in [1.29, 1.82) is 0 Å². The standard InChI is InChI=1S/C11H8F3NO3/c12-6-3-5(4-7(13)8(6)14)15-9(16)11(1-2-11)10(17)18/h3-4H,1-2H2,(H,15,16)(H,17,18). The molecule has 1 amide bonds. The molecule has 0 aliphatic heterocycles. The maximum absolute atomic E-state index is 12.9. The number of halogens is 3. The molecule has 7 heteroatoms. The number of carbonyl (C=O) groups excluding carboxylic acids is 1. The number of carboxylic acids is 1. The van der Waals surface area contributed by atoms with Crippen molar-refractivity contribution in [2.45, 2.75) is 12.8 Å². The molecule has 0 atom stereocenters. The molecule has 0 radical (unpaired) electrons. The summed E-state index contributed by atoms with van der Waals surface area (Å²) in [6, 6.07) is 1.18. The van der Waals surface area contributed by atoms with Gasteiger partial charge in [-0.05, 0) is 12.8 Å². The zero-order chi connectivity index (χ0) is 13.5. The molecular weight excluding hydrogens is 251 g/mol. The van der Waals surface area contributed by atoms with Crippen LogP contribution >= 0.6 is 0 Å². The number of carbonyl (C=O) groups is 2. The minimum atomic E-state index is -1.65. The number of aliphatic carboxylic acids is 1. The molecule has 1 aromatic rings. The van der Waals surface area contributed by atoms with Crippen molar-refractivity contribution < 1.29 is 27.9 Å². The van der Waals surface area contributed by atoms with Crippen LogP contribution in [-0.4, -0.2) is 17.0 Å². The minimum Gasteiger partial charge on any atom is -0.480 e. The number of carboxylic acid groups (broad SMARTS) is 1. The van der Waals surface area contributed by atoms with E-state index in [1.54, 1.807) is 0 Å². The summed E-state index contributed by atoms with van der Waals surface area (Å²) in [5.74, 6) is -6.70. The number of nitrogens with one attached hydrogen (secondary N) is 1. The Morgan fingerprint density at radius 1 is 1.17 bits per heavy atom. The average molecular weight is 259 g/mol. The van der Waals surface area contributed by atoms with Gasteiger partial charge in [0.05, 0.1) is 0 Å². The molecule has 1 aliphatic rings. The third kappa shape index (κ3) is 1.92. The molecule has 0 unspecified atom stereocenters. The van der Waals surface area contributed by atoms with Crippen molar-refractivity contribution in [3.63, 3.8) is 0 Å². The Hall–Kier alpha value is -2.05. The lowest BCUT2D eigenvalue weighted by atomic mass is 10.1. The first kappa shape index (κ1) is 12.4. The summed E-state index contributed by atoms with van der Waals surface area (Å²) in [6.45, 7) is 0. The zero-order valence-corrected chi connectivity index (χ0v) is 8.97. The second kappa shape index (κ2) is 4.01. The summed E-state index contributed by atoms with van der Waals surface area (Å²) in [6.07, 6.45) is 0.334. The van der Waals surface area contributed by atoms with Crippen molar-refractivity contribution in [3.8, 4) is 0 Å². The van der Waals surface area contributed by atoms with Gasteiger partial charge in [0.2, 0.25) is 5.91 Å². The van der Waals surface area contributed by atoms with E-state index < -0.39 is 34.7 Å². The molecule has 18 heavy (non-hydrogen) atoms. The Kier molecular flexibility index (Phi) is 2.76. The predicted octanol–water partition coefficient (Wildman–Crippen LogP) is 1.91. The lowest BCUT2D eigenvalue weighted by Crippen LogP contribution is -2.31. The first-order chi connectivity index (χ1) is 8.36. The zero-order valence-electron chi connectivity index (χ0n) is 8.97. The summed E-state index contributed by atoms with van der Waals surface area (Å²) in [5, 5.41) is 10.9. The quantitative estimate of drug-likeness (QED) is 0.643. The molecule has 0 heterocycles. The van der Waals surface area contributed by atoms with Gasteiger partial charge in [-0.2, -0.15) is 0 Å². The Morgan fingerprint density at radius 3 is 2.06 bits per heavy atom. The third-order valence-electron chi connectivity index (χ3n) is 2.84. The van der Waals surface area contributed by atoms with Crippen LogP contribution in [0, 0.1) is 22.9 Å². The van der Waals surface area contributed by atoms with E-state index in [1.165, 1.54) is 0 Å². The lowest BCUT2D eigenvalue weighted by Gasteiger charge is -2.11. The van der Waals surface area contributed by atoms with Gasteiger partial charge in [0, 0.05) is 17.8 Å². The van der Waals surface area contributed by atoms with Crippen molar-refractivity contribution in [2.75, 3.05) is 5.32 Å². The Bertz CT molecular complexity index is 517. The highest BCUT2D eigenvalue weighted by atomic mass is 19.2. The van der Waals surface area contributed by atoms with Gasteiger partial charge in [-0.3, -0.25) is 9.59 Å². The largest absolute Gasteiger partial charge is 0.480 e. The summed E-state index contributed by atoms with van der Waals surface area (Å²) in [4.78, 5) is 22.4. The van der Waals surface area contributed by atoms with Crippen LogP contribution in [0.3, 0.4) is 0 Å². The molecule has 0 bridgehead atoms. The molecule has 1 aliphatic carbocycles. The second-order valence-electron chi connectivity index (χ2n) is 4.10. The number of hydrogen-bond donors (Lipinski definition) is 2. The molecule has 4 nitrogen and oxygen atoms in total. The summed E-state index contributed by atoms with van der Waals surface area (Å²) in [7, 11) is 0. The molecular formula is C11H8F3NO3. The molecule has 2 rings (SSSR count). The fourth-order valence-corrected chi connectivity index (χ4v) is 1.54. The highest BCUT2D eigenvalue weighted by Crippen LogP contribution is 2.46. The Balaban J connectivity index is 2.20. The van der Waals surface area contributed by atoms with Crippen molar-refractivity contribution >= 4 is 17.6 Å². The average Bonchev–Trinajstić information content (AvgIpc) is 3.06. The number of hydrogen-bond acceptors (Lipinski definition) is 2. The van der Waals surface area contributed by atoms with Gasteiger partial charge < -0.3 is 10.4 Å². The van der Waals surface area contributed by atoms with Crippen LogP contribution in [0.15, 0.2) is 12.1 Å². The van der Waals surface area contributed by atoms with Gasteiger partial charge in [0.1, 0.15) is 5.41 Å². The van der Waals surface area contributed by atoms with E-state index in [0.717, 1.165) is 0 Å². The van der Waals surface area contributed by atoms with Gasteiger partial charge in [-0.1, -0.05) is 0 Å². The molecule has 0 saturated heterocycles. The Labute approximate surface area is 99.4 Å². The van der Waals surface area contributed by atoms with E-state index >= 15 is 0 Å². The predicted molar refractivity (Wildman–Crippen MR) is 54.2 cm³/mol. The van der Waals surface area contributed by atoms with Crippen LogP contribution < -0.4 is 5.32 Å². The first-order valence-corrected chi connectivity index (χ1v) is 5.06. The van der Waals surface area contributed by atoms with E-state index in [2.05, 4.69) is 5.32 Å². The molecule has 0 aromatic heterocycles. The first-order valence-electron chi connectivity index (χ1n) is 5.06. The number of amides is 1. The van der Waals surface area contributed by atoms with E-state index in [9.17, 15) is 22.8 Å². The highest BCUT2D eigenvalue weighted by molar-refractivity contribution is 6.10. The van der Waals surface area contributed by atoms with Crippen LogP contribution in [0.4, 0.5) is 18.9 Å². The summed E-state index contributed by atoms with van der Waals surface area (Å²) in [5.41, 5.74) is -1.84. The summed E-state index contributed by atoms with van der Waals surface area (Å²) >= 11 is 0. The van der Waals surface area contributed by atoms with Crippen LogP contribution in [0.2, 0.25) is 0 Å². The van der Waals surface area contributed by atoms with Crippen molar-refractivity contribution in [1.82, 2.24) is 0 Å². The van der Waals surface area contributed by atoms with Crippen molar-refractivity contribution in [2.24, 2.45) is 5.41 Å². The number of rotatable bonds is 3. The van der Waals surface area contributed by atoms with Gasteiger partial charge in [-0.15, -0.1) is 0 Å². The third-order valence-corrected chi connectivity index (χ3v) is 2.84. The maximum Gasteiger partial charge on any atom is 0.319 e. The molecule has 1 fully saturated rings. The Morgan fingerprint density at radius 2 is 1.67 bits per heavy atom. The van der Waals surface area contributed by atoms with Gasteiger partial charge in [0.15, 0.2) is 17.5 Å². The molecule has 96 valence electrons. The number of benzene rings is 1. The van der Waals surface area contributed by atoms with Gasteiger partial charge >= 0.3 is 5.97 Å². The SMILES string of the molecule is O=C(O)C1(C(=O)Nc2cc(F)c(F)c(F)c2)CC1. The van der Waals surface area contributed by atoms with E-state index in [-0.39, 0.29) is 18.5 Å². The normalized spacial score (nSPS) is 16.2. The van der Waals surface area contributed by atoms with Crippen LogP contribution in [-0.2, 0) is 9.59 Å². The van der Waals surface area contributed by atoms with Crippen LogP contribution in [0.25, 0.3) is 0 Å². The topological polar surface area (TPSA) is 66.4 Å². The summed E-state index contributed by atoms with van der Waals surface area (Å²) < 4.78 is 38.4. The van der Waals surface area contributed by atoms with E-state index in [1.807, 2.05) is 0 Å². The van der Waals surface area contributed by atoms with Gasteiger partial charge in [-0.25, -0.2) is 13.2 Å². The minimum absolute atomic E-state index is 0.167. The fraction of sp³-hybridized carbons (Fsp3) is 0.273. The highest BCUT2D eigenvalue weighted by Gasteiger charge is 2.57. The van der Waals surface area contributed by atoms with Crippen LogP contribution in [0.5, 0.6) is 0 Å². The maximum atomic E-state index is 12.9. The van der Waals surface area contributed by atoms with E-state index in [4.69, 9.17) is 5.11 Å². The fourth-order valence-electron chi connectivity index (χ4n) is 1.54. The smallest absolute Gasteiger partial charge is 0.319 e. The van der Waals surface area contributed by atoms with Gasteiger partial charge in [0.25, 0.3) is 0 Å². The monoisotopic (exact) mass is 259 g/mol. The molecule has 0 spiro atoms. The van der Waals surface area contributed by atoms with Crippen LogP contribution in [0.1, 0.15) is 12.8 Å². The second-order valence-corrected chi connectivity index (χ2v) is 4.10. The molecule has 1 aromatic carbocycles.